The molecule has 0 aliphatic carbocycles. The van der Waals surface area contributed by atoms with E-state index in [-0.39, 0.29) is 11.7 Å². The third kappa shape index (κ3) is 4.05. The average Bonchev–Trinajstić information content (AvgIpc) is 3.62. The molecule has 0 bridgehead atoms. The lowest BCUT2D eigenvalue weighted by Crippen LogP contribution is -2.22. The van der Waals surface area contributed by atoms with Crippen molar-refractivity contribution in [1.29, 1.82) is 0 Å². The van der Waals surface area contributed by atoms with Crippen LogP contribution in [0.1, 0.15) is 16.1 Å². The molecule has 180 valence electrons. The maximum absolute atomic E-state index is 12.8. The van der Waals surface area contributed by atoms with Gasteiger partial charge in [0.05, 0.1) is 35.9 Å². The van der Waals surface area contributed by atoms with Gasteiger partial charge in [0, 0.05) is 35.8 Å². The third-order valence-electron chi connectivity index (χ3n) is 6.05. The number of imidazole rings is 2. The first-order chi connectivity index (χ1) is 17.6. The molecule has 1 aliphatic rings. The number of carbonyl (C=O) groups excluding carboxylic acids is 1. The summed E-state index contributed by atoms with van der Waals surface area (Å²) in [5.41, 5.74) is 4.90. The summed E-state index contributed by atoms with van der Waals surface area (Å²) in [6, 6.07) is 14.3. The summed E-state index contributed by atoms with van der Waals surface area (Å²) >= 11 is 1.72. The Kier molecular flexibility index (Phi) is 5.57. The zero-order valence-electron chi connectivity index (χ0n) is 19.4. The van der Waals surface area contributed by atoms with Crippen molar-refractivity contribution in [2.24, 2.45) is 0 Å². The number of phenolic OH excluding ortho intramolecular Hbond substituents is 1. The molecule has 1 amide bonds. The van der Waals surface area contributed by atoms with Gasteiger partial charge in [-0.25, -0.2) is 15.0 Å². The minimum Gasteiger partial charge on any atom is -0.507 e. The number of pyridine rings is 1. The number of methoxy groups -OCH3 is 1. The highest BCUT2D eigenvalue weighted by Gasteiger charge is 2.17. The van der Waals surface area contributed by atoms with E-state index in [0.717, 1.165) is 34.3 Å². The largest absolute Gasteiger partial charge is 0.507 e. The summed E-state index contributed by atoms with van der Waals surface area (Å²) in [6.07, 6.45) is 3.65. The van der Waals surface area contributed by atoms with Crippen LogP contribution in [0.2, 0.25) is 0 Å². The van der Waals surface area contributed by atoms with Crippen LogP contribution >= 0.6 is 11.8 Å². The lowest BCUT2D eigenvalue weighted by atomic mass is 10.0. The maximum Gasteiger partial charge on any atom is 0.251 e. The first kappa shape index (κ1) is 22.2. The number of nitrogens with zero attached hydrogens (tertiary/aromatic N) is 4. The SMILES string of the molecule is COc1ncccc1-c1ccc(O)c(-c2nc3ccc(C(=O)NCc4cn5c(n4)SCC5)cc3[nH]2)c1. The zero-order valence-corrected chi connectivity index (χ0v) is 20.2. The molecule has 0 saturated heterocycles. The van der Waals surface area contributed by atoms with E-state index >= 15 is 0 Å². The van der Waals surface area contributed by atoms with E-state index in [0.29, 0.717) is 40.4 Å². The Morgan fingerprint density at radius 3 is 2.97 bits per heavy atom. The molecule has 2 aromatic carbocycles. The first-order valence-electron chi connectivity index (χ1n) is 11.4. The summed E-state index contributed by atoms with van der Waals surface area (Å²) in [5, 5.41) is 14.5. The van der Waals surface area contributed by atoms with Crippen molar-refractivity contribution < 1.29 is 14.6 Å². The topological polar surface area (TPSA) is 118 Å². The van der Waals surface area contributed by atoms with Gasteiger partial charge in [0.15, 0.2) is 5.16 Å². The van der Waals surface area contributed by atoms with Gasteiger partial charge in [-0.2, -0.15) is 0 Å². The second-order valence-corrected chi connectivity index (χ2v) is 9.41. The number of carbonyl (C=O) groups is 1. The van der Waals surface area contributed by atoms with Crippen molar-refractivity contribution in [3.8, 4) is 34.1 Å². The monoisotopic (exact) mass is 498 g/mol. The van der Waals surface area contributed by atoms with Crippen molar-refractivity contribution in [3.05, 3.63) is 72.2 Å². The number of aromatic nitrogens is 5. The smallest absolute Gasteiger partial charge is 0.251 e. The van der Waals surface area contributed by atoms with Crippen LogP contribution in [0.5, 0.6) is 11.6 Å². The minimum atomic E-state index is -0.192. The molecule has 6 rings (SSSR count). The fourth-order valence-corrected chi connectivity index (χ4v) is 5.23. The van der Waals surface area contributed by atoms with Gasteiger partial charge in [0.1, 0.15) is 11.6 Å². The lowest BCUT2D eigenvalue weighted by Gasteiger charge is -2.09. The quantitative estimate of drug-likeness (QED) is 0.320. The number of fused-ring (bicyclic) bond motifs is 2. The zero-order chi connectivity index (χ0) is 24.6. The number of hydrogen-bond donors (Lipinski definition) is 3. The molecule has 9 nitrogen and oxygen atoms in total. The van der Waals surface area contributed by atoms with Crippen LogP contribution in [0, 0.1) is 0 Å². The molecule has 0 fully saturated rings. The lowest BCUT2D eigenvalue weighted by molar-refractivity contribution is 0.0950. The van der Waals surface area contributed by atoms with Crippen molar-refractivity contribution in [2.45, 2.75) is 18.2 Å². The molecule has 5 aromatic rings. The number of aromatic amines is 1. The number of nitrogens with one attached hydrogen (secondary N) is 2. The number of amides is 1. The molecule has 4 heterocycles. The van der Waals surface area contributed by atoms with E-state index in [1.807, 2.05) is 24.4 Å². The standard InChI is InChI=1S/C26H22N6O3S/c1-35-25-18(3-2-8-27-25)15-5-7-22(33)19(11-15)23-30-20-6-4-16(12-21(20)31-23)24(34)28-13-17-14-32-9-10-36-26(32)29-17/h2-8,11-12,14,33H,9-10,13H2,1H3,(H,28,34)(H,30,31). The molecule has 0 radical (unpaired) electrons. The van der Waals surface area contributed by atoms with Crippen LogP contribution in [-0.2, 0) is 13.1 Å². The molecule has 0 unspecified atom stereocenters. The van der Waals surface area contributed by atoms with E-state index < -0.39 is 0 Å². The molecule has 36 heavy (non-hydrogen) atoms. The highest BCUT2D eigenvalue weighted by atomic mass is 32.2. The third-order valence-corrected chi connectivity index (χ3v) is 7.03. The number of aryl methyl sites for hydroxylation is 1. The number of phenols is 1. The molecule has 0 saturated carbocycles. The van der Waals surface area contributed by atoms with Gasteiger partial charge < -0.3 is 24.7 Å². The van der Waals surface area contributed by atoms with Crippen LogP contribution in [0.4, 0.5) is 0 Å². The first-order valence-corrected chi connectivity index (χ1v) is 12.4. The fourth-order valence-electron chi connectivity index (χ4n) is 4.26. The predicted molar refractivity (Wildman–Crippen MR) is 137 cm³/mol. The van der Waals surface area contributed by atoms with E-state index in [1.54, 1.807) is 55.4 Å². The minimum absolute atomic E-state index is 0.0868. The summed E-state index contributed by atoms with van der Waals surface area (Å²) in [6.45, 7) is 1.32. The second-order valence-electron chi connectivity index (χ2n) is 8.35. The molecule has 10 heteroatoms. The number of hydrogen-bond acceptors (Lipinski definition) is 7. The van der Waals surface area contributed by atoms with Crippen LogP contribution in [0.3, 0.4) is 0 Å². The summed E-state index contributed by atoms with van der Waals surface area (Å²) in [5.74, 6) is 1.93. The summed E-state index contributed by atoms with van der Waals surface area (Å²) in [7, 11) is 1.57. The summed E-state index contributed by atoms with van der Waals surface area (Å²) < 4.78 is 7.49. The Morgan fingerprint density at radius 1 is 1.19 bits per heavy atom. The van der Waals surface area contributed by atoms with Gasteiger partial charge in [-0.15, -0.1) is 0 Å². The Morgan fingerprint density at radius 2 is 2.11 bits per heavy atom. The Balaban J connectivity index is 1.26. The highest BCUT2D eigenvalue weighted by Crippen LogP contribution is 2.35. The van der Waals surface area contributed by atoms with E-state index in [9.17, 15) is 9.90 Å². The molecular formula is C26H22N6O3S. The summed E-state index contributed by atoms with van der Waals surface area (Å²) in [4.78, 5) is 29.5. The van der Waals surface area contributed by atoms with Crippen molar-refractivity contribution in [1.82, 2.24) is 29.8 Å². The van der Waals surface area contributed by atoms with Crippen LogP contribution in [0.15, 0.2) is 66.1 Å². The molecule has 0 spiro atoms. The van der Waals surface area contributed by atoms with Crippen molar-refractivity contribution in [2.75, 3.05) is 12.9 Å². The van der Waals surface area contributed by atoms with Crippen molar-refractivity contribution >= 4 is 28.7 Å². The average molecular weight is 499 g/mol. The van der Waals surface area contributed by atoms with Crippen LogP contribution < -0.4 is 10.1 Å². The maximum atomic E-state index is 12.8. The van der Waals surface area contributed by atoms with E-state index in [2.05, 4.69) is 29.8 Å². The Hall–Kier alpha value is -4.31. The van der Waals surface area contributed by atoms with E-state index in [1.165, 1.54) is 0 Å². The Bertz CT molecular complexity index is 1590. The number of ether oxygens (including phenoxy) is 1. The molecule has 0 atom stereocenters. The highest BCUT2D eigenvalue weighted by molar-refractivity contribution is 7.99. The van der Waals surface area contributed by atoms with Gasteiger partial charge in [-0.05, 0) is 48.0 Å². The van der Waals surface area contributed by atoms with E-state index in [4.69, 9.17) is 4.74 Å². The van der Waals surface area contributed by atoms with Gasteiger partial charge >= 0.3 is 0 Å². The predicted octanol–water partition coefficient (Wildman–Crippen LogP) is 4.24. The molecule has 3 N–H and O–H groups in total. The van der Waals surface area contributed by atoms with Gasteiger partial charge in [-0.3, -0.25) is 4.79 Å². The van der Waals surface area contributed by atoms with Crippen LogP contribution in [-0.4, -0.2) is 48.4 Å². The molecular weight excluding hydrogens is 476 g/mol. The normalized spacial score (nSPS) is 12.6. The fraction of sp³-hybridized carbons (Fsp3) is 0.154. The molecule has 1 aliphatic heterocycles. The number of aromatic hydroxyl groups is 1. The van der Waals surface area contributed by atoms with Crippen LogP contribution in [0.25, 0.3) is 33.5 Å². The van der Waals surface area contributed by atoms with Gasteiger partial charge in [-0.1, -0.05) is 17.8 Å². The second kappa shape index (κ2) is 9.04. The van der Waals surface area contributed by atoms with Gasteiger partial charge in [0.2, 0.25) is 5.88 Å². The van der Waals surface area contributed by atoms with Crippen molar-refractivity contribution in [3.63, 3.8) is 0 Å². The number of benzene rings is 2. The molecule has 3 aromatic heterocycles. The van der Waals surface area contributed by atoms with Gasteiger partial charge in [0.25, 0.3) is 5.91 Å². The number of H-pyrrole nitrogens is 1. The number of thioether (sulfide) groups is 1. The number of rotatable bonds is 6. The Labute approximate surface area is 210 Å².